The van der Waals surface area contributed by atoms with Crippen molar-refractivity contribution < 1.29 is 23.6 Å². The Kier molecular flexibility index (Phi) is 10.2. The van der Waals surface area contributed by atoms with Crippen LogP contribution in [0, 0.1) is 0 Å². The molecule has 0 aliphatic carbocycles. The van der Waals surface area contributed by atoms with Crippen molar-refractivity contribution in [3.05, 3.63) is 99.8 Å². The van der Waals surface area contributed by atoms with Crippen LogP contribution in [-0.4, -0.2) is 34.6 Å². The van der Waals surface area contributed by atoms with Crippen molar-refractivity contribution >= 4 is 23.2 Å². The number of hydrogen-bond donors (Lipinski definition) is 2. The van der Waals surface area contributed by atoms with Crippen LogP contribution in [0.4, 0.5) is 4.79 Å². The predicted octanol–water partition coefficient (Wildman–Crippen LogP) is 5.47. The zero-order chi connectivity index (χ0) is 27.5. The first-order valence-corrected chi connectivity index (χ1v) is 13.8. The number of nitrogens with zero attached hydrogens (tertiary/aromatic N) is 2. The zero-order valence-electron chi connectivity index (χ0n) is 21.7. The van der Waals surface area contributed by atoms with Crippen LogP contribution in [0.2, 0.25) is 0 Å². The van der Waals surface area contributed by atoms with E-state index < -0.39 is 17.9 Å². The first-order chi connectivity index (χ1) is 19.0. The van der Waals surface area contributed by atoms with Crippen LogP contribution in [0.5, 0.6) is 5.75 Å². The Labute approximate surface area is 231 Å². The third-order valence-electron chi connectivity index (χ3n) is 6.06. The number of rotatable bonds is 14. The number of ketones is 1. The van der Waals surface area contributed by atoms with Gasteiger partial charge in [0.05, 0.1) is 12.5 Å². The standard InChI is InChI=1S/C29H32N4O5S/c1-20(23-14-16-39-19-23)37-24-12-10-21(11-13-24)17-26-32-28(33-38-26)27(34)25(9-5-6-15-30)31-29(35)36-18-22-7-3-2-4-8-22/h2-4,7-8,10-14,16,19-20,25H,5-6,9,15,17-18,30H2,1H3,(H,31,35). The van der Waals surface area contributed by atoms with Crippen molar-refractivity contribution in [3.63, 3.8) is 0 Å². The number of benzene rings is 2. The zero-order valence-corrected chi connectivity index (χ0v) is 22.6. The lowest BCUT2D eigenvalue weighted by Crippen LogP contribution is -2.41. The summed E-state index contributed by atoms with van der Waals surface area (Å²) in [5.41, 5.74) is 8.51. The highest BCUT2D eigenvalue weighted by molar-refractivity contribution is 7.07. The minimum absolute atomic E-state index is 0.0476. The van der Waals surface area contributed by atoms with Crippen molar-refractivity contribution in [2.24, 2.45) is 5.73 Å². The molecule has 2 unspecified atom stereocenters. The highest BCUT2D eigenvalue weighted by Crippen LogP contribution is 2.24. The molecule has 2 heterocycles. The Balaban J connectivity index is 1.34. The molecule has 2 aromatic heterocycles. The van der Waals surface area contributed by atoms with E-state index in [-0.39, 0.29) is 18.5 Å². The molecule has 0 spiro atoms. The maximum atomic E-state index is 13.2. The molecule has 0 aliphatic rings. The van der Waals surface area contributed by atoms with Crippen LogP contribution < -0.4 is 15.8 Å². The van der Waals surface area contributed by atoms with Crippen LogP contribution in [0.3, 0.4) is 0 Å². The monoisotopic (exact) mass is 548 g/mol. The van der Waals surface area contributed by atoms with Gasteiger partial charge in [-0.3, -0.25) is 4.79 Å². The topological polar surface area (TPSA) is 130 Å². The molecule has 204 valence electrons. The second-order valence-corrected chi connectivity index (χ2v) is 9.84. The number of ether oxygens (including phenoxy) is 2. The summed E-state index contributed by atoms with van der Waals surface area (Å²) < 4.78 is 16.6. The first kappa shape index (κ1) is 28.0. The summed E-state index contributed by atoms with van der Waals surface area (Å²) in [6.45, 7) is 2.59. The van der Waals surface area contributed by atoms with Gasteiger partial charge < -0.3 is 25.0 Å². The summed E-state index contributed by atoms with van der Waals surface area (Å²) in [6, 6.07) is 18.1. The molecule has 0 bridgehead atoms. The molecule has 0 saturated carbocycles. The van der Waals surface area contributed by atoms with Gasteiger partial charge in [0, 0.05) is 5.56 Å². The number of carbonyl (C=O) groups excluding carboxylic acids is 2. The van der Waals surface area contributed by atoms with Gasteiger partial charge in [0.15, 0.2) is 0 Å². The lowest BCUT2D eigenvalue weighted by molar-refractivity contribution is 0.0896. The number of Topliss-reactive ketones (excluding diaryl/α,β-unsaturated/α-hetero) is 1. The van der Waals surface area contributed by atoms with Crippen molar-refractivity contribution in [3.8, 4) is 5.75 Å². The summed E-state index contributed by atoms with van der Waals surface area (Å²) in [7, 11) is 0. The van der Waals surface area contributed by atoms with Crippen LogP contribution in [0.1, 0.15) is 65.5 Å². The Hall–Kier alpha value is -4.02. The maximum Gasteiger partial charge on any atom is 0.408 e. The largest absolute Gasteiger partial charge is 0.486 e. The number of carbonyl (C=O) groups is 2. The van der Waals surface area contributed by atoms with Crippen molar-refractivity contribution in [1.29, 1.82) is 0 Å². The van der Waals surface area contributed by atoms with Crippen LogP contribution in [-0.2, 0) is 17.8 Å². The average molecular weight is 549 g/mol. The van der Waals surface area contributed by atoms with E-state index in [2.05, 4.69) is 20.8 Å². The fraction of sp³-hybridized carbons (Fsp3) is 0.310. The van der Waals surface area contributed by atoms with E-state index in [1.54, 1.807) is 11.3 Å². The van der Waals surface area contributed by atoms with E-state index >= 15 is 0 Å². The second-order valence-electron chi connectivity index (χ2n) is 9.06. The quantitative estimate of drug-likeness (QED) is 0.157. The first-order valence-electron chi connectivity index (χ1n) is 12.8. The lowest BCUT2D eigenvalue weighted by Gasteiger charge is -2.16. The number of unbranched alkanes of at least 4 members (excludes halogenated alkanes) is 1. The molecule has 39 heavy (non-hydrogen) atoms. The normalized spacial score (nSPS) is 12.5. The minimum Gasteiger partial charge on any atom is -0.486 e. The fourth-order valence-corrected chi connectivity index (χ4v) is 4.63. The van der Waals surface area contributed by atoms with Crippen molar-refractivity contribution in [2.75, 3.05) is 6.54 Å². The number of amides is 1. The molecule has 0 saturated heterocycles. The molecule has 0 fully saturated rings. The summed E-state index contributed by atoms with van der Waals surface area (Å²) >= 11 is 1.64. The highest BCUT2D eigenvalue weighted by Gasteiger charge is 2.27. The SMILES string of the molecule is CC(Oc1ccc(Cc2nc(C(=O)C(CCCCN)NC(=O)OCc3ccccc3)no2)cc1)c1ccsc1. The van der Waals surface area contributed by atoms with Crippen molar-refractivity contribution in [1.82, 2.24) is 15.5 Å². The van der Waals surface area contributed by atoms with E-state index in [0.717, 1.165) is 22.4 Å². The average Bonchev–Trinajstić information content (AvgIpc) is 3.66. The Morgan fingerprint density at radius 1 is 1.05 bits per heavy atom. The van der Waals surface area contributed by atoms with Gasteiger partial charge in [0.25, 0.3) is 0 Å². The molecule has 2 aromatic carbocycles. The third-order valence-corrected chi connectivity index (χ3v) is 6.76. The van der Waals surface area contributed by atoms with Crippen molar-refractivity contribution in [2.45, 2.75) is 51.4 Å². The molecule has 0 radical (unpaired) electrons. The van der Waals surface area contributed by atoms with Gasteiger partial charge >= 0.3 is 6.09 Å². The van der Waals surface area contributed by atoms with Gasteiger partial charge in [-0.25, -0.2) is 4.79 Å². The third kappa shape index (κ3) is 8.49. The molecule has 4 rings (SSSR count). The molecule has 1 amide bonds. The Morgan fingerprint density at radius 3 is 2.56 bits per heavy atom. The van der Waals surface area contributed by atoms with E-state index in [0.29, 0.717) is 38.1 Å². The summed E-state index contributed by atoms with van der Waals surface area (Å²) in [6.07, 6.45) is 1.36. The highest BCUT2D eigenvalue weighted by atomic mass is 32.1. The van der Waals surface area contributed by atoms with Crippen LogP contribution in [0.15, 0.2) is 75.9 Å². The number of nitrogens with one attached hydrogen (secondary N) is 1. The van der Waals surface area contributed by atoms with E-state index in [1.807, 2.05) is 73.0 Å². The smallest absolute Gasteiger partial charge is 0.408 e. The number of alkyl carbamates (subject to hydrolysis) is 1. The van der Waals surface area contributed by atoms with Gasteiger partial charge in [0.1, 0.15) is 18.5 Å². The molecule has 3 N–H and O–H groups in total. The summed E-state index contributed by atoms with van der Waals surface area (Å²) in [5, 5.41) is 10.6. The summed E-state index contributed by atoms with van der Waals surface area (Å²) in [4.78, 5) is 29.9. The molecular weight excluding hydrogens is 516 g/mol. The molecule has 4 aromatic rings. The summed E-state index contributed by atoms with van der Waals surface area (Å²) in [5.74, 6) is 0.524. The minimum atomic E-state index is -0.855. The van der Waals surface area contributed by atoms with Gasteiger partial charge in [-0.1, -0.05) is 47.6 Å². The van der Waals surface area contributed by atoms with Gasteiger partial charge in [-0.05, 0) is 72.8 Å². The molecular formula is C29H32N4O5S. The maximum absolute atomic E-state index is 13.2. The van der Waals surface area contributed by atoms with Crippen LogP contribution >= 0.6 is 11.3 Å². The van der Waals surface area contributed by atoms with E-state index in [1.165, 1.54) is 0 Å². The lowest BCUT2D eigenvalue weighted by atomic mass is 10.0. The number of hydrogen-bond acceptors (Lipinski definition) is 9. The number of nitrogens with two attached hydrogens (primary N) is 1. The van der Waals surface area contributed by atoms with Crippen LogP contribution in [0.25, 0.3) is 0 Å². The van der Waals surface area contributed by atoms with Gasteiger partial charge in [-0.2, -0.15) is 16.3 Å². The number of thiophene rings is 1. The molecule has 10 heteroatoms. The van der Waals surface area contributed by atoms with E-state index in [4.69, 9.17) is 19.7 Å². The fourth-order valence-electron chi connectivity index (χ4n) is 3.89. The molecule has 9 nitrogen and oxygen atoms in total. The molecule has 2 atom stereocenters. The molecule has 0 aliphatic heterocycles. The van der Waals surface area contributed by atoms with E-state index in [9.17, 15) is 9.59 Å². The van der Waals surface area contributed by atoms with Gasteiger partial charge in [0.2, 0.25) is 17.5 Å². The Morgan fingerprint density at radius 2 is 1.85 bits per heavy atom. The van der Waals surface area contributed by atoms with Gasteiger partial charge in [-0.15, -0.1) is 0 Å². The number of aromatic nitrogens is 2. The predicted molar refractivity (Wildman–Crippen MR) is 148 cm³/mol. The Bertz CT molecular complexity index is 1310. The second kappa shape index (κ2) is 14.2.